The highest BCUT2D eigenvalue weighted by molar-refractivity contribution is 5.79. The van der Waals surface area contributed by atoms with E-state index in [-0.39, 0.29) is 0 Å². The molecule has 0 radical (unpaired) electrons. The van der Waals surface area contributed by atoms with Crippen molar-refractivity contribution in [2.75, 3.05) is 30.4 Å². The van der Waals surface area contributed by atoms with E-state index < -0.39 is 0 Å². The number of nitrogens with zero attached hydrogens (tertiary/aromatic N) is 4. The molecule has 0 amide bonds. The first kappa shape index (κ1) is 19.6. The number of aldehydes is 1. The lowest BCUT2D eigenvalue weighted by Gasteiger charge is -2.32. The molecule has 0 unspecified atom stereocenters. The van der Waals surface area contributed by atoms with E-state index in [1.54, 1.807) is 13.2 Å². The van der Waals surface area contributed by atoms with E-state index in [0.717, 1.165) is 60.0 Å². The Bertz CT molecular complexity index is 1050. The zero-order chi connectivity index (χ0) is 20.9. The van der Waals surface area contributed by atoms with Crippen LogP contribution in [0.1, 0.15) is 23.2 Å². The second-order valence-electron chi connectivity index (χ2n) is 7.08. The molecule has 1 fully saturated rings. The van der Waals surface area contributed by atoms with Gasteiger partial charge in [0.2, 0.25) is 0 Å². The zero-order valence-electron chi connectivity index (χ0n) is 17.1. The first-order chi connectivity index (χ1) is 14.7. The van der Waals surface area contributed by atoms with Gasteiger partial charge in [-0.3, -0.25) is 9.89 Å². The monoisotopic (exact) mass is 404 g/mol. The van der Waals surface area contributed by atoms with Gasteiger partial charge in [-0.2, -0.15) is 5.10 Å². The zero-order valence-corrected chi connectivity index (χ0v) is 17.1. The lowest BCUT2D eigenvalue weighted by molar-refractivity contribution is -0.104. The Morgan fingerprint density at radius 2 is 2.03 bits per heavy atom. The van der Waals surface area contributed by atoms with Crippen molar-refractivity contribution in [2.45, 2.75) is 19.9 Å². The van der Waals surface area contributed by atoms with Crippen LogP contribution in [-0.4, -0.2) is 46.7 Å². The van der Waals surface area contributed by atoms with Gasteiger partial charge in [0.25, 0.3) is 0 Å². The Balaban J connectivity index is 1.64. The molecule has 3 heterocycles. The van der Waals surface area contributed by atoms with Gasteiger partial charge in [0, 0.05) is 37.0 Å². The van der Waals surface area contributed by atoms with Gasteiger partial charge in [-0.1, -0.05) is 12.1 Å². The van der Waals surface area contributed by atoms with E-state index in [0.29, 0.717) is 18.1 Å². The number of carbonyl (C=O) groups is 1. The summed E-state index contributed by atoms with van der Waals surface area (Å²) in [7, 11) is 1.66. The molecule has 30 heavy (non-hydrogen) atoms. The number of allylic oxidation sites excluding steroid dienone is 1. The molecular formula is C22H24N6O2. The maximum absolute atomic E-state index is 10.8. The molecule has 3 aromatic rings. The molecule has 0 saturated carbocycles. The molecule has 8 heteroatoms. The summed E-state index contributed by atoms with van der Waals surface area (Å²) in [5.74, 6) is 2.94. The Labute approximate surface area is 175 Å². The third kappa shape index (κ3) is 4.17. The first-order valence-corrected chi connectivity index (χ1v) is 9.86. The summed E-state index contributed by atoms with van der Waals surface area (Å²) < 4.78 is 5.21. The number of rotatable bonds is 8. The Morgan fingerprint density at radius 3 is 2.70 bits per heavy atom. The third-order valence-electron chi connectivity index (χ3n) is 5.07. The van der Waals surface area contributed by atoms with Crippen LogP contribution in [0, 0.1) is 6.92 Å². The molecule has 1 aliphatic heterocycles. The van der Waals surface area contributed by atoms with Gasteiger partial charge in [-0.05, 0) is 43.2 Å². The number of ether oxygens (including phenoxy) is 1. The molecule has 0 atom stereocenters. The highest BCUT2D eigenvalue weighted by Gasteiger charge is 2.20. The summed E-state index contributed by atoms with van der Waals surface area (Å²) in [4.78, 5) is 22.4. The highest BCUT2D eigenvalue weighted by Crippen LogP contribution is 2.28. The van der Waals surface area contributed by atoms with Crippen LogP contribution in [0.2, 0.25) is 0 Å². The van der Waals surface area contributed by atoms with Gasteiger partial charge in [0.1, 0.15) is 29.4 Å². The predicted octanol–water partition coefficient (Wildman–Crippen LogP) is 3.22. The Kier molecular flexibility index (Phi) is 5.74. The number of anilines is 2. The summed E-state index contributed by atoms with van der Waals surface area (Å²) in [5, 5.41) is 10.7. The van der Waals surface area contributed by atoms with Crippen LogP contribution in [0.4, 0.5) is 11.6 Å². The summed E-state index contributed by atoms with van der Waals surface area (Å²) in [5.41, 5.74) is 3.41. The minimum absolute atomic E-state index is 0.520. The average Bonchev–Trinajstić information content (AvgIpc) is 3.10. The van der Waals surface area contributed by atoms with Gasteiger partial charge in [0.05, 0.1) is 7.11 Å². The minimum atomic E-state index is 0.520. The number of aromatic amines is 1. The van der Waals surface area contributed by atoms with Gasteiger partial charge in [0.15, 0.2) is 5.82 Å². The number of aromatic nitrogens is 4. The second kappa shape index (κ2) is 8.77. The van der Waals surface area contributed by atoms with E-state index in [4.69, 9.17) is 14.7 Å². The number of carbonyl (C=O) groups excluding carboxylic acids is 1. The number of hydrogen-bond donors (Lipinski definition) is 2. The fraction of sp³-hybridized carbons (Fsp3) is 0.273. The molecule has 154 valence electrons. The van der Waals surface area contributed by atoms with Crippen molar-refractivity contribution < 1.29 is 9.53 Å². The van der Waals surface area contributed by atoms with Crippen LogP contribution >= 0.6 is 0 Å². The molecule has 2 aromatic heterocycles. The normalized spacial score (nSPS) is 13.3. The van der Waals surface area contributed by atoms with Crippen LogP contribution in [0.15, 0.2) is 36.4 Å². The van der Waals surface area contributed by atoms with Gasteiger partial charge < -0.3 is 15.0 Å². The maximum Gasteiger partial charge on any atom is 0.184 e. The van der Waals surface area contributed by atoms with Crippen LogP contribution in [0.25, 0.3) is 17.6 Å². The van der Waals surface area contributed by atoms with Crippen LogP contribution in [0.3, 0.4) is 0 Å². The topological polar surface area (TPSA) is 96.0 Å². The molecule has 0 spiro atoms. The number of nitrogens with one attached hydrogen (secondary N) is 2. The molecule has 0 bridgehead atoms. The first-order valence-electron chi connectivity index (χ1n) is 9.86. The number of hydrogen-bond acceptors (Lipinski definition) is 7. The fourth-order valence-corrected chi connectivity index (χ4v) is 3.22. The third-order valence-corrected chi connectivity index (χ3v) is 5.07. The molecule has 1 aromatic carbocycles. The lowest BCUT2D eigenvalue weighted by atomic mass is 10.1. The summed E-state index contributed by atoms with van der Waals surface area (Å²) in [6, 6.07) is 9.87. The van der Waals surface area contributed by atoms with E-state index in [1.165, 1.54) is 6.08 Å². The van der Waals surface area contributed by atoms with Crippen molar-refractivity contribution in [3.63, 3.8) is 0 Å². The van der Waals surface area contributed by atoms with Crippen LogP contribution in [-0.2, 0) is 11.3 Å². The second-order valence-corrected chi connectivity index (χ2v) is 7.08. The molecule has 2 N–H and O–H groups in total. The minimum Gasteiger partial charge on any atom is -0.497 e. The largest absolute Gasteiger partial charge is 0.497 e. The number of methoxy groups -OCH3 is 1. The standard InChI is InChI=1S/C22H24N6O2/c1-15-18(5-3-12-29)21(27-26-15)22-24-19(13-20(25-22)28-10-4-11-28)23-14-16-6-8-17(30-2)9-7-16/h3,5-9,12-13H,4,10-11,14H2,1-2H3,(H,26,27)(H,23,24,25). The van der Waals surface area contributed by atoms with Crippen molar-refractivity contribution in [1.29, 1.82) is 0 Å². The predicted molar refractivity (Wildman–Crippen MR) is 117 cm³/mol. The molecule has 1 aliphatic rings. The summed E-state index contributed by atoms with van der Waals surface area (Å²) in [6.07, 6.45) is 5.08. The summed E-state index contributed by atoms with van der Waals surface area (Å²) >= 11 is 0. The molecule has 1 saturated heterocycles. The van der Waals surface area contributed by atoms with Gasteiger partial charge >= 0.3 is 0 Å². The Morgan fingerprint density at radius 1 is 1.23 bits per heavy atom. The van der Waals surface area contributed by atoms with Crippen molar-refractivity contribution in [2.24, 2.45) is 0 Å². The number of H-pyrrole nitrogens is 1. The fourth-order valence-electron chi connectivity index (χ4n) is 3.22. The van der Waals surface area contributed by atoms with E-state index in [1.807, 2.05) is 37.3 Å². The molecule has 8 nitrogen and oxygen atoms in total. The number of benzene rings is 1. The van der Waals surface area contributed by atoms with Crippen molar-refractivity contribution in [3.8, 4) is 17.3 Å². The Hall–Kier alpha value is -3.68. The maximum atomic E-state index is 10.8. The highest BCUT2D eigenvalue weighted by atomic mass is 16.5. The van der Waals surface area contributed by atoms with E-state index >= 15 is 0 Å². The SMILES string of the molecule is COc1ccc(CNc2cc(N3CCC3)nc(-c3n[nH]c(C)c3C=CC=O)n2)cc1. The molecule has 0 aliphatic carbocycles. The van der Waals surface area contributed by atoms with Gasteiger partial charge in [-0.15, -0.1) is 0 Å². The van der Waals surface area contributed by atoms with Crippen molar-refractivity contribution >= 4 is 24.0 Å². The molecular weight excluding hydrogens is 380 g/mol. The van der Waals surface area contributed by atoms with Crippen LogP contribution < -0.4 is 15.0 Å². The smallest absolute Gasteiger partial charge is 0.184 e. The molecule has 4 rings (SSSR count). The average molecular weight is 404 g/mol. The van der Waals surface area contributed by atoms with Crippen molar-refractivity contribution in [3.05, 3.63) is 53.2 Å². The van der Waals surface area contributed by atoms with Gasteiger partial charge in [-0.25, -0.2) is 9.97 Å². The summed E-state index contributed by atoms with van der Waals surface area (Å²) in [6.45, 7) is 4.48. The quantitative estimate of drug-likeness (QED) is 0.440. The van der Waals surface area contributed by atoms with E-state index in [2.05, 4.69) is 20.4 Å². The number of aryl methyl sites for hydroxylation is 1. The van der Waals surface area contributed by atoms with Crippen LogP contribution in [0.5, 0.6) is 5.75 Å². The van der Waals surface area contributed by atoms with Crippen molar-refractivity contribution in [1.82, 2.24) is 20.2 Å². The lowest BCUT2D eigenvalue weighted by Crippen LogP contribution is -2.37. The van der Waals surface area contributed by atoms with E-state index in [9.17, 15) is 4.79 Å².